The SMILES string of the molecule is Cc1ccc(CC2CCN(c3cc(C(=O)NC4CC4)ccn3)C2)cc1F. The summed E-state index contributed by atoms with van der Waals surface area (Å²) in [5, 5.41) is 3.02. The second-order valence-corrected chi connectivity index (χ2v) is 7.54. The number of hydrogen-bond donors (Lipinski definition) is 1. The third kappa shape index (κ3) is 3.87. The third-order valence-electron chi connectivity index (χ3n) is 5.29. The number of nitrogens with one attached hydrogen (secondary N) is 1. The number of anilines is 1. The topological polar surface area (TPSA) is 45.2 Å². The molecule has 0 radical (unpaired) electrons. The van der Waals surface area contributed by atoms with Crippen molar-refractivity contribution in [2.45, 2.75) is 38.6 Å². The van der Waals surface area contributed by atoms with Crippen LogP contribution in [0, 0.1) is 18.7 Å². The van der Waals surface area contributed by atoms with Gasteiger partial charge in [0.25, 0.3) is 5.91 Å². The lowest BCUT2D eigenvalue weighted by Crippen LogP contribution is -2.26. The van der Waals surface area contributed by atoms with E-state index in [1.807, 2.05) is 18.2 Å². The van der Waals surface area contributed by atoms with Crippen LogP contribution in [0.15, 0.2) is 36.5 Å². The smallest absolute Gasteiger partial charge is 0.251 e. The zero-order valence-corrected chi connectivity index (χ0v) is 15.0. The molecule has 1 unspecified atom stereocenters. The number of aromatic nitrogens is 1. The van der Waals surface area contributed by atoms with Gasteiger partial charge in [-0.3, -0.25) is 4.79 Å². The Morgan fingerprint density at radius 1 is 1.27 bits per heavy atom. The summed E-state index contributed by atoms with van der Waals surface area (Å²) in [6.07, 6.45) is 5.79. The fourth-order valence-electron chi connectivity index (χ4n) is 3.53. The number of amides is 1. The highest BCUT2D eigenvalue weighted by Gasteiger charge is 2.26. The molecule has 1 atom stereocenters. The van der Waals surface area contributed by atoms with Gasteiger partial charge >= 0.3 is 0 Å². The number of aryl methyl sites for hydroxylation is 1. The van der Waals surface area contributed by atoms with Gasteiger partial charge in [0, 0.05) is 30.9 Å². The van der Waals surface area contributed by atoms with Gasteiger partial charge < -0.3 is 10.2 Å². The zero-order chi connectivity index (χ0) is 18.1. The van der Waals surface area contributed by atoms with Gasteiger partial charge in [-0.1, -0.05) is 12.1 Å². The average Bonchev–Trinajstić information content (AvgIpc) is 3.33. The van der Waals surface area contributed by atoms with Gasteiger partial charge in [0.2, 0.25) is 0 Å². The van der Waals surface area contributed by atoms with Crippen molar-refractivity contribution < 1.29 is 9.18 Å². The maximum Gasteiger partial charge on any atom is 0.251 e. The summed E-state index contributed by atoms with van der Waals surface area (Å²) in [5.41, 5.74) is 2.41. The first kappa shape index (κ1) is 17.0. The summed E-state index contributed by atoms with van der Waals surface area (Å²) >= 11 is 0. The zero-order valence-electron chi connectivity index (χ0n) is 15.0. The fourth-order valence-corrected chi connectivity index (χ4v) is 3.53. The Balaban J connectivity index is 1.40. The standard InChI is InChI=1S/C21H24FN3O/c1-14-2-3-15(11-19(14)22)10-16-7-9-25(13-16)20-12-17(6-8-23-20)21(26)24-18-4-5-18/h2-3,6,8,11-12,16,18H,4-5,7,9-10,13H2,1H3,(H,24,26). The molecule has 1 amide bonds. The van der Waals surface area contributed by atoms with Crippen LogP contribution in [0.5, 0.6) is 0 Å². The van der Waals surface area contributed by atoms with Crippen LogP contribution >= 0.6 is 0 Å². The highest BCUT2D eigenvalue weighted by molar-refractivity contribution is 5.95. The van der Waals surface area contributed by atoms with E-state index >= 15 is 0 Å². The van der Waals surface area contributed by atoms with Gasteiger partial charge in [0.05, 0.1) is 0 Å². The minimum Gasteiger partial charge on any atom is -0.356 e. The van der Waals surface area contributed by atoms with Crippen molar-refractivity contribution in [2.75, 3.05) is 18.0 Å². The summed E-state index contributed by atoms with van der Waals surface area (Å²) in [5.74, 6) is 1.18. The van der Waals surface area contributed by atoms with Crippen LogP contribution in [0.4, 0.5) is 10.2 Å². The number of rotatable bonds is 5. The van der Waals surface area contributed by atoms with E-state index in [1.54, 1.807) is 25.3 Å². The molecule has 1 saturated carbocycles. The molecule has 4 nitrogen and oxygen atoms in total. The summed E-state index contributed by atoms with van der Waals surface area (Å²) in [6.45, 7) is 3.59. The Morgan fingerprint density at radius 2 is 2.12 bits per heavy atom. The van der Waals surface area contributed by atoms with Gasteiger partial charge in [-0.05, 0) is 67.9 Å². The summed E-state index contributed by atoms with van der Waals surface area (Å²) in [7, 11) is 0. The molecule has 2 fully saturated rings. The van der Waals surface area contributed by atoms with Crippen LogP contribution in [0.1, 0.15) is 40.7 Å². The Hall–Kier alpha value is -2.43. The van der Waals surface area contributed by atoms with E-state index in [-0.39, 0.29) is 11.7 Å². The molecule has 2 aromatic rings. The molecule has 2 heterocycles. The Labute approximate surface area is 153 Å². The molecule has 1 saturated heterocycles. The van der Waals surface area contributed by atoms with Crippen molar-refractivity contribution in [1.82, 2.24) is 10.3 Å². The first-order valence-corrected chi connectivity index (χ1v) is 9.35. The molecule has 0 bridgehead atoms. The number of hydrogen-bond acceptors (Lipinski definition) is 3. The van der Waals surface area contributed by atoms with Crippen LogP contribution in [0.25, 0.3) is 0 Å². The van der Waals surface area contributed by atoms with Crippen LogP contribution in [0.3, 0.4) is 0 Å². The highest BCUT2D eigenvalue weighted by Crippen LogP contribution is 2.26. The third-order valence-corrected chi connectivity index (χ3v) is 5.29. The second kappa shape index (κ2) is 7.06. The van der Waals surface area contributed by atoms with E-state index in [4.69, 9.17) is 0 Å². The maximum atomic E-state index is 13.8. The normalized spacial score (nSPS) is 19.6. The van der Waals surface area contributed by atoms with Crippen molar-refractivity contribution in [2.24, 2.45) is 5.92 Å². The first-order chi connectivity index (χ1) is 12.6. The number of pyridine rings is 1. The van der Waals surface area contributed by atoms with Gasteiger partial charge in [0.1, 0.15) is 11.6 Å². The van der Waals surface area contributed by atoms with E-state index in [0.717, 1.165) is 50.2 Å². The van der Waals surface area contributed by atoms with E-state index < -0.39 is 0 Å². The molecule has 26 heavy (non-hydrogen) atoms. The van der Waals surface area contributed by atoms with Crippen molar-refractivity contribution in [3.05, 3.63) is 59.0 Å². The molecule has 5 heteroatoms. The van der Waals surface area contributed by atoms with Gasteiger partial charge in [-0.15, -0.1) is 0 Å². The van der Waals surface area contributed by atoms with E-state index in [0.29, 0.717) is 23.1 Å². The fraction of sp³-hybridized carbons (Fsp3) is 0.429. The van der Waals surface area contributed by atoms with Gasteiger partial charge in [-0.25, -0.2) is 9.37 Å². The lowest BCUT2D eigenvalue weighted by Gasteiger charge is -2.18. The number of nitrogens with zero attached hydrogens (tertiary/aromatic N) is 2. The molecule has 136 valence electrons. The molecule has 2 aliphatic rings. The largest absolute Gasteiger partial charge is 0.356 e. The molecular formula is C21H24FN3O. The van der Waals surface area contributed by atoms with Crippen LogP contribution < -0.4 is 10.2 Å². The van der Waals surface area contributed by atoms with Gasteiger partial charge in [0.15, 0.2) is 0 Å². The monoisotopic (exact) mass is 353 g/mol. The lowest BCUT2D eigenvalue weighted by molar-refractivity contribution is 0.0951. The number of carbonyl (C=O) groups is 1. The number of benzene rings is 1. The lowest BCUT2D eigenvalue weighted by atomic mass is 9.98. The van der Waals surface area contributed by atoms with Crippen LogP contribution in [-0.4, -0.2) is 30.0 Å². The number of carbonyl (C=O) groups excluding carboxylic acids is 1. The van der Waals surface area contributed by atoms with Crippen molar-refractivity contribution in [1.29, 1.82) is 0 Å². The first-order valence-electron chi connectivity index (χ1n) is 9.35. The Kier molecular flexibility index (Phi) is 4.62. The predicted molar refractivity (Wildman–Crippen MR) is 99.9 cm³/mol. The van der Waals surface area contributed by atoms with E-state index in [1.165, 1.54) is 0 Å². The maximum absolute atomic E-state index is 13.8. The molecular weight excluding hydrogens is 329 g/mol. The summed E-state index contributed by atoms with van der Waals surface area (Å²) < 4.78 is 13.8. The molecule has 0 spiro atoms. The minimum atomic E-state index is -0.131. The van der Waals surface area contributed by atoms with Gasteiger partial charge in [-0.2, -0.15) is 0 Å². The Morgan fingerprint density at radius 3 is 2.88 bits per heavy atom. The Bertz CT molecular complexity index is 819. The second-order valence-electron chi connectivity index (χ2n) is 7.54. The molecule has 1 aromatic carbocycles. The van der Waals surface area contributed by atoms with Crippen molar-refractivity contribution in [3.8, 4) is 0 Å². The summed E-state index contributed by atoms with van der Waals surface area (Å²) in [4.78, 5) is 18.9. The quantitative estimate of drug-likeness (QED) is 0.895. The van der Waals surface area contributed by atoms with E-state index in [2.05, 4.69) is 15.2 Å². The minimum absolute atomic E-state index is 0.0120. The van der Waals surface area contributed by atoms with E-state index in [9.17, 15) is 9.18 Å². The van der Waals surface area contributed by atoms with Crippen LogP contribution in [-0.2, 0) is 6.42 Å². The van der Waals surface area contributed by atoms with Crippen molar-refractivity contribution >= 4 is 11.7 Å². The molecule has 4 rings (SSSR count). The molecule has 1 aliphatic carbocycles. The summed E-state index contributed by atoms with van der Waals surface area (Å²) in [6, 6.07) is 9.52. The number of halogens is 1. The average molecular weight is 353 g/mol. The van der Waals surface area contributed by atoms with Crippen LogP contribution in [0.2, 0.25) is 0 Å². The van der Waals surface area contributed by atoms with Crippen molar-refractivity contribution in [3.63, 3.8) is 0 Å². The predicted octanol–water partition coefficient (Wildman–Crippen LogP) is 3.49. The molecule has 1 aromatic heterocycles. The molecule has 1 aliphatic heterocycles. The molecule has 1 N–H and O–H groups in total. The highest BCUT2D eigenvalue weighted by atomic mass is 19.1.